The van der Waals surface area contributed by atoms with Crippen LogP contribution >= 0.6 is 11.8 Å². The van der Waals surface area contributed by atoms with Crippen molar-refractivity contribution in [2.45, 2.75) is 31.0 Å². The molecule has 4 heterocycles. The van der Waals surface area contributed by atoms with E-state index in [1.165, 1.54) is 0 Å². The zero-order valence-electron chi connectivity index (χ0n) is 18.3. The molecule has 4 aliphatic heterocycles. The van der Waals surface area contributed by atoms with Gasteiger partial charge in [-0.1, -0.05) is 12.1 Å². The summed E-state index contributed by atoms with van der Waals surface area (Å²) in [6, 6.07) is 10.1. The lowest BCUT2D eigenvalue weighted by molar-refractivity contribution is -0.125. The maximum Gasteiger partial charge on any atom is 0.256 e. The van der Waals surface area contributed by atoms with Crippen LogP contribution in [0.2, 0.25) is 0 Å². The van der Waals surface area contributed by atoms with Crippen LogP contribution in [0.15, 0.2) is 36.4 Å². The molecular weight excluding hydrogens is 456 g/mol. The Bertz CT molecular complexity index is 1180. The number of ether oxygens (including phenoxy) is 2. The van der Waals surface area contributed by atoms with Gasteiger partial charge >= 0.3 is 0 Å². The fourth-order valence-corrected chi connectivity index (χ4v) is 5.85. The summed E-state index contributed by atoms with van der Waals surface area (Å²) in [5.41, 5.74) is 2.71. The van der Waals surface area contributed by atoms with Gasteiger partial charge in [0, 0.05) is 24.2 Å². The minimum Gasteiger partial charge on any atom is -0.454 e. The molecule has 3 atom stereocenters. The number of hydrogen-bond donors (Lipinski definition) is 3. The van der Waals surface area contributed by atoms with Crippen LogP contribution in [0.4, 0.5) is 5.69 Å². The summed E-state index contributed by atoms with van der Waals surface area (Å²) in [6.07, 6.45) is 1.00. The zero-order valence-corrected chi connectivity index (χ0v) is 19.2. The highest BCUT2D eigenvalue weighted by atomic mass is 32.2. The quantitative estimate of drug-likeness (QED) is 0.615. The zero-order chi connectivity index (χ0) is 23.2. The lowest BCUT2D eigenvalue weighted by Gasteiger charge is -2.37. The molecular formula is C24H24N4O5S. The predicted octanol–water partition coefficient (Wildman–Crippen LogP) is 1.79. The molecule has 2 fully saturated rings. The van der Waals surface area contributed by atoms with Gasteiger partial charge in [-0.2, -0.15) is 0 Å². The van der Waals surface area contributed by atoms with Crippen molar-refractivity contribution < 1.29 is 23.9 Å². The van der Waals surface area contributed by atoms with Gasteiger partial charge in [-0.25, -0.2) is 0 Å². The molecule has 9 nitrogen and oxygen atoms in total. The van der Waals surface area contributed by atoms with Crippen molar-refractivity contribution in [1.82, 2.24) is 15.5 Å². The van der Waals surface area contributed by atoms with Crippen molar-refractivity contribution in [2.75, 3.05) is 30.3 Å². The van der Waals surface area contributed by atoms with E-state index in [1.807, 2.05) is 30.3 Å². The number of thioether (sulfide) groups is 1. The molecule has 6 rings (SSSR count). The molecule has 3 N–H and O–H groups in total. The highest BCUT2D eigenvalue weighted by Gasteiger charge is 2.40. The van der Waals surface area contributed by atoms with Crippen molar-refractivity contribution >= 4 is 35.2 Å². The minimum absolute atomic E-state index is 0.0412. The molecule has 0 aromatic heterocycles. The molecule has 0 spiro atoms. The van der Waals surface area contributed by atoms with E-state index in [-0.39, 0.29) is 36.6 Å². The number of nitrogens with zero attached hydrogens (tertiary/aromatic N) is 1. The number of fused-ring (bicyclic) bond motifs is 3. The van der Waals surface area contributed by atoms with Gasteiger partial charge in [0.15, 0.2) is 11.5 Å². The third-order valence-electron chi connectivity index (χ3n) is 6.76. The molecule has 0 radical (unpaired) electrons. The first-order valence-corrected chi connectivity index (χ1v) is 12.5. The summed E-state index contributed by atoms with van der Waals surface area (Å²) < 4.78 is 10.9. The smallest absolute Gasteiger partial charge is 0.256 e. The van der Waals surface area contributed by atoms with E-state index in [0.29, 0.717) is 42.1 Å². The molecule has 176 valence electrons. The molecule has 0 aliphatic carbocycles. The Balaban J connectivity index is 1.23. The van der Waals surface area contributed by atoms with Crippen molar-refractivity contribution in [1.29, 1.82) is 0 Å². The Hall–Kier alpha value is -3.24. The minimum atomic E-state index is -0.626. The first-order valence-electron chi connectivity index (χ1n) is 11.3. The number of rotatable bonds is 3. The summed E-state index contributed by atoms with van der Waals surface area (Å²) >= 11 is 1.69. The van der Waals surface area contributed by atoms with Crippen LogP contribution in [0.1, 0.15) is 23.2 Å². The van der Waals surface area contributed by atoms with Gasteiger partial charge in [-0.3, -0.25) is 19.7 Å². The third kappa shape index (κ3) is 3.76. The van der Waals surface area contributed by atoms with Crippen LogP contribution in [0.3, 0.4) is 0 Å². The maximum absolute atomic E-state index is 13.5. The van der Waals surface area contributed by atoms with Crippen LogP contribution < -0.4 is 25.4 Å². The number of carbonyl (C=O) groups excluding carboxylic acids is 3. The van der Waals surface area contributed by atoms with Gasteiger partial charge in [-0.15, -0.1) is 11.8 Å². The van der Waals surface area contributed by atoms with Gasteiger partial charge in [0.25, 0.3) is 5.91 Å². The first-order chi connectivity index (χ1) is 16.6. The van der Waals surface area contributed by atoms with E-state index in [4.69, 9.17) is 9.47 Å². The number of benzene rings is 2. The number of piperidine rings is 1. The third-order valence-corrected chi connectivity index (χ3v) is 7.70. The highest BCUT2D eigenvalue weighted by Crippen LogP contribution is 2.37. The standard InChI is InChI=1S/C24H24N4O5S/c29-22(18-10-34-11-25-18)26-15-5-6-28-19(9-15)23(30)27-17-3-1-13(7-16(17)24(28)31)14-2-4-20-21(8-14)33-12-32-20/h1-4,7-8,15,18-19,25H,5-6,9-12H2,(H,26,29)(H,27,30)/t15-,18-,19-/m0/s1. The largest absolute Gasteiger partial charge is 0.454 e. The van der Waals surface area contributed by atoms with Crippen LogP contribution in [0, 0.1) is 0 Å². The van der Waals surface area contributed by atoms with Crippen molar-refractivity contribution in [3.8, 4) is 22.6 Å². The van der Waals surface area contributed by atoms with Crippen molar-refractivity contribution in [3.63, 3.8) is 0 Å². The normalized spacial score (nSPS) is 25.3. The topological polar surface area (TPSA) is 109 Å². The van der Waals surface area contributed by atoms with E-state index >= 15 is 0 Å². The van der Waals surface area contributed by atoms with Crippen LogP contribution in [-0.4, -0.2) is 65.7 Å². The van der Waals surface area contributed by atoms with Crippen LogP contribution in [-0.2, 0) is 9.59 Å². The Morgan fingerprint density at radius 1 is 1.09 bits per heavy atom. The molecule has 2 saturated heterocycles. The number of nitrogens with one attached hydrogen (secondary N) is 3. The molecule has 4 aliphatic rings. The van der Waals surface area contributed by atoms with Gasteiger partial charge < -0.3 is 25.0 Å². The Kier molecular flexibility index (Phi) is 5.34. The summed E-state index contributed by atoms with van der Waals surface area (Å²) in [5, 5.41) is 9.16. The maximum atomic E-state index is 13.5. The predicted molar refractivity (Wildman–Crippen MR) is 127 cm³/mol. The molecule has 0 bridgehead atoms. The summed E-state index contributed by atoms with van der Waals surface area (Å²) in [4.78, 5) is 40.7. The molecule has 3 amide bonds. The van der Waals surface area contributed by atoms with Gasteiger partial charge in [-0.05, 0) is 48.2 Å². The van der Waals surface area contributed by atoms with Crippen molar-refractivity contribution in [2.24, 2.45) is 0 Å². The lowest BCUT2D eigenvalue weighted by atomic mass is 9.95. The Morgan fingerprint density at radius 3 is 2.76 bits per heavy atom. The van der Waals surface area contributed by atoms with Crippen LogP contribution in [0.25, 0.3) is 11.1 Å². The first kappa shape index (κ1) is 21.3. The van der Waals surface area contributed by atoms with E-state index in [9.17, 15) is 14.4 Å². The molecule has 34 heavy (non-hydrogen) atoms. The number of hydrogen-bond acceptors (Lipinski definition) is 7. The van der Waals surface area contributed by atoms with E-state index in [2.05, 4.69) is 16.0 Å². The van der Waals surface area contributed by atoms with E-state index in [0.717, 1.165) is 22.8 Å². The highest BCUT2D eigenvalue weighted by molar-refractivity contribution is 7.99. The van der Waals surface area contributed by atoms with Crippen molar-refractivity contribution in [3.05, 3.63) is 42.0 Å². The molecule has 0 unspecified atom stereocenters. The van der Waals surface area contributed by atoms with Gasteiger partial charge in [0.05, 0.1) is 17.3 Å². The lowest BCUT2D eigenvalue weighted by Crippen LogP contribution is -2.56. The van der Waals surface area contributed by atoms with Gasteiger partial charge in [0.1, 0.15) is 6.04 Å². The SMILES string of the molecule is O=C(N[C@H]1CCN2C(=O)c3cc(-c4ccc5c(c4)OCO5)ccc3NC(=O)[C@@H]2C1)[C@@H]1CSCN1. The van der Waals surface area contributed by atoms with E-state index in [1.54, 1.807) is 22.7 Å². The molecule has 0 saturated carbocycles. The Morgan fingerprint density at radius 2 is 1.91 bits per heavy atom. The fraction of sp³-hybridized carbons (Fsp3) is 0.375. The second kappa shape index (κ2) is 8.52. The Labute approximate surface area is 200 Å². The fourth-order valence-electron chi connectivity index (χ4n) is 4.91. The monoisotopic (exact) mass is 480 g/mol. The molecule has 10 heteroatoms. The number of carbonyl (C=O) groups is 3. The number of amides is 3. The van der Waals surface area contributed by atoms with Gasteiger partial charge in [0.2, 0.25) is 18.6 Å². The molecule has 2 aromatic rings. The van der Waals surface area contributed by atoms with Crippen LogP contribution in [0.5, 0.6) is 11.5 Å². The average molecular weight is 481 g/mol. The summed E-state index contributed by atoms with van der Waals surface area (Å²) in [6.45, 7) is 0.601. The second-order valence-corrected chi connectivity index (χ2v) is 9.86. The van der Waals surface area contributed by atoms with E-state index < -0.39 is 6.04 Å². The summed E-state index contributed by atoms with van der Waals surface area (Å²) in [5.74, 6) is 2.43. The average Bonchev–Trinajstić information content (AvgIpc) is 3.54. The molecule has 2 aromatic carbocycles. The second-order valence-electron chi connectivity index (χ2n) is 8.83. The summed E-state index contributed by atoms with van der Waals surface area (Å²) in [7, 11) is 0. The number of anilines is 1.